The quantitative estimate of drug-likeness (QED) is 0.613. The van der Waals surface area contributed by atoms with E-state index in [4.69, 9.17) is 4.74 Å². The van der Waals surface area contributed by atoms with Crippen molar-refractivity contribution in [3.8, 4) is 0 Å². The molecule has 1 unspecified atom stereocenters. The van der Waals surface area contributed by atoms with Crippen molar-refractivity contribution in [1.29, 1.82) is 0 Å². The molecule has 0 amide bonds. The van der Waals surface area contributed by atoms with Gasteiger partial charge in [-0.15, -0.1) is 5.10 Å². The Morgan fingerprint density at radius 2 is 2.67 bits per heavy atom. The van der Waals surface area contributed by atoms with Crippen LogP contribution in [0, 0.1) is 0 Å². The van der Waals surface area contributed by atoms with Crippen LogP contribution in [0.4, 0.5) is 0 Å². The van der Waals surface area contributed by atoms with Gasteiger partial charge in [-0.3, -0.25) is 4.68 Å². The molecule has 1 aromatic rings. The van der Waals surface area contributed by atoms with E-state index in [1.807, 2.05) is 7.05 Å². The maximum absolute atomic E-state index is 5.33. The molecule has 5 nitrogen and oxygen atoms in total. The number of hydrogen-bond acceptors (Lipinski definition) is 4. The predicted octanol–water partition coefficient (Wildman–Crippen LogP) is -0.524. The van der Waals surface area contributed by atoms with Crippen LogP contribution in [-0.4, -0.2) is 34.8 Å². The van der Waals surface area contributed by atoms with Gasteiger partial charge in [0.1, 0.15) is 0 Å². The van der Waals surface area contributed by atoms with E-state index in [-0.39, 0.29) is 6.04 Å². The van der Waals surface area contributed by atoms with Gasteiger partial charge >= 0.3 is 0 Å². The van der Waals surface area contributed by atoms with Crippen molar-refractivity contribution in [3.05, 3.63) is 11.9 Å². The van der Waals surface area contributed by atoms with Crippen molar-refractivity contribution < 1.29 is 4.74 Å². The summed E-state index contributed by atoms with van der Waals surface area (Å²) < 4.78 is 7.10. The lowest BCUT2D eigenvalue weighted by atomic mass is 10.2. The Morgan fingerprint density at radius 3 is 3.25 bits per heavy atom. The van der Waals surface area contributed by atoms with E-state index < -0.39 is 0 Å². The van der Waals surface area contributed by atoms with E-state index in [2.05, 4.69) is 15.6 Å². The second-order valence-electron chi connectivity index (χ2n) is 2.86. The van der Waals surface area contributed by atoms with Crippen LogP contribution in [0.5, 0.6) is 0 Å². The van der Waals surface area contributed by atoms with Gasteiger partial charge in [-0.25, -0.2) is 0 Å². The van der Waals surface area contributed by atoms with E-state index in [0.717, 1.165) is 18.8 Å². The molecule has 1 aliphatic rings. The number of nitrogens with zero attached hydrogens (tertiary/aromatic N) is 3. The summed E-state index contributed by atoms with van der Waals surface area (Å²) in [6, 6.07) is 0.249. The zero-order chi connectivity index (χ0) is 8.39. The first-order valence-corrected chi connectivity index (χ1v) is 4.03. The zero-order valence-electron chi connectivity index (χ0n) is 7.03. The lowest BCUT2D eigenvalue weighted by molar-refractivity contribution is 0.0744. The highest BCUT2D eigenvalue weighted by Crippen LogP contribution is 2.12. The Kier molecular flexibility index (Phi) is 2.05. The molecule has 1 atom stereocenters. The second-order valence-corrected chi connectivity index (χ2v) is 2.86. The Labute approximate surface area is 70.7 Å². The predicted molar refractivity (Wildman–Crippen MR) is 42.6 cm³/mol. The summed E-state index contributed by atoms with van der Waals surface area (Å²) in [5.74, 6) is 0. The Balaban J connectivity index is 2.13. The fraction of sp³-hybridized carbons (Fsp3) is 0.714. The SMILES string of the molecule is Cn1nncc1C1COCCN1. The molecule has 1 N–H and O–H groups in total. The summed E-state index contributed by atoms with van der Waals surface area (Å²) >= 11 is 0. The van der Waals surface area contributed by atoms with E-state index >= 15 is 0 Å². The largest absolute Gasteiger partial charge is 0.378 e. The summed E-state index contributed by atoms with van der Waals surface area (Å²) in [6.07, 6.45) is 1.77. The first kappa shape index (κ1) is 7.70. The Hall–Kier alpha value is -0.940. The number of aromatic nitrogens is 3. The third-order valence-corrected chi connectivity index (χ3v) is 2.03. The highest BCUT2D eigenvalue weighted by atomic mass is 16.5. The monoisotopic (exact) mass is 168 g/mol. The molecule has 0 bridgehead atoms. The molecule has 12 heavy (non-hydrogen) atoms. The second kappa shape index (κ2) is 3.20. The smallest absolute Gasteiger partial charge is 0.0776 e. The van der Waals surface area contributed by atoms with Crippen LogP contribution in [0.3, 0.4) is 0 Å². The molecule has 1 aromatic heterocycles. The third kappa shape index (κ3) is 1.33. The molecule has 5 heteroatoms. The average Bonchev–Trinajstić information content (AvgIpc) is 2.53. The summed E-state index contributed by atoms with van der Waals surface area (Å²) in [7, 11) is 1.89. The Morgan fingerprint density at radius 1 is 1.75 bits per heavy atom. The molecule has 1 fully saturated rings. The molecule has 0 radical (unpaired) electrons. The molecular weight excluding hydrogens is 156 g/mol. The summed E-state index contributed by atoms with van der Waals surface area (Å²) in [4.78, 5) is 0. The standard InChI is InChI=1S/C7H12N4O/c1-11-7(4-9-10-11)6-5-12-3-2-8-6/h4,6,8H,2-3,5H2,1H3. The summed E-state index contributed by atoms with van der Waals surface area (Å²) in [6.45, 7) is 2.40. The summed E-state index contributed by atoms with van der Waals surface area (Å²) in [5, 5.41) is 11.0. The lowest BCUT2D eigenvalue weighted by Gasteiger charge is -2.23. The van der Waals surface area contributed by atoms with Crippen molar-refractivity contribution in [1.82, 2.24) is 20.3 Å². The van der Waals surface area contributed by atoms with Gasteiger partial charge in [0.15, 0.2) is 0 Å². The van der Waals surface area contributed by atoms with Gasteiger partial charge in [-0.05, 0) is 0 Å². The van der Waals surface area contributed by atoms with Gasteiger partial charge in [0.2, 0.25) is 0 Å². The van der Waals surface area contributed by atoms with Gasteiger partial charge in [-0.1, -0.05) is 5.21 Å². The van der Waals surface area contributed by atoms with E-state index in [9.17, 15) is 0 Å². The molecular formula is C7H12N4O. The normalized spacial score (nSPS) is 24.2. The molecule has 0 saturated carbocycles. The molecule has 1 aliphatic heterocycles. The number of hydrogen-bond donors (Lipinski definition) is 1. The number of nitrogens with one attached hydrogen (secondary N) is 1. The summed E-state index contributed by atoms with van der Waals surface area (Å²) in [5.41, 5.74) is 1.08. The fourth-order valence-corrected chi connectivity index (χ4v) is 1.37. The van der Waals surface area contributed by atoms with Gasteiger partial charge in [0.25, 0.3) is 0 Å². The van der Waals surface area contributed by atoms with Crippen LogP contribution in [0.2, 0.25) is 0 Å². The zero-order valence-corrected chi connectivity index (χ0v) is 7.03. The van der Waals surface area contributed by atoms with Crippen molar-refractivity contribution in [2.75, 3.05) is 19.8 Å². The number of aryl methyl sites for hydroxylation is 1. The molecule has 2 rings (SSSR count). The fourth-order valence-electron chi connectivity index (χ4n) is 1.37. The lowest BCUT2D eigenvalue weighted by Crippen LogP contribution is -2.35. The van der Waals surface area contributed by atoms with Gasteiger partial charge in [0.05, 0.1) is 31.1 Å². The van der Waals surface area contributed by atoms with Gasteiger partial charge < -0.3 is 10.1 Å². The molecule has 0 spiro atoms. The first-order valence-electron chi connectivity index (χ1n) is 4.03. The number of morpholine rings is 1. The molecule has 0 aliphatic carbocycles. The molecule has 2 heterocycles. The van der Waals surface area contributed by atoms with Crippen LogP contribution < -0.4 is 5.32 Å². The van der Waals surface area contributed by atoms with Gasteiger partial charge in [-0.2, -0.15) is 0 Å². The highest BCUT2D eigenvalue weighted by Gasteiger charge is 2.18. The van der Waals surface area contributed by atoms with Gasteiger partial charge in [0, 0.05) is 13.6 Å². The topological polar surface area (TPSA) is 52.0 Å². The van der Waals surface area contributed by atoms with Crippen LogP contribution in [0.25, 0.3) is 0 Å². The van der Waals surface area contributed by atoms with Crippen molar-refractivity contribution in [2.24, 2.45) is 7.05 Å². The number of ether oxygens (including phenoxy) is 1. The minimum atomic E-state index is 0.249. The number of rotatable bonds is 1. The third-order valence-electron chi connectivity index (χ3n) is 2.03. The van der Waals surface area contributed by atoms with Crippen molar-refractivity contribution in [2.45, 2.75) is 6.04 Å². The van der Waals surface area contributed by atoms with Crippen molar-refractivity contribution >= 4 is 0 Å². The van der Waals surface area contributed by atoms with E-state index in [1.54, 1.807) is 10.9 Å². The highest BCUT2D eigenvalue weighted by molar-refractivity contribution is 5.02. The van der Waals surface area contributed by atoms with Crippen LogP contribution >= 0.6 is 0 Å². The van der Waals surface area contributed by atoms with E-state index in [0.29, 0.717) is 6.61 Å². The maximum atomic E-state index is 5.33. The Bertz CT molecular complexity index is 254. The molecule has 1 saturated heterocycles. The average molecular weight is 168 g/mol. The maximum Gasteiger partial charge on any atom is 0.0776 e. The first-order chi connectivity index (χ1) is 5.88. The van der Waals surface area contributed by atoms with Crippen molar-refractivity contribution in [3.63, 3.8) is 0 Å². The molecule has 66 valence electrons. The van der Waals surface area contributed by atoms with Crippen LogP contribution in [-0.2, 0) is 11.8 Å². The minimum absolute atomic E-state index is 0.249. The van der Waals surface area contributed by atoms with Crippen LogP contribution in [0.15, 0.2) is 6.20 Å². The van der Waals surface area contributed by atoms with E-state index in [1.165, 1.54) is 0 Å². The van der Waals surface area contributed by atoms with Crippen LogP contribution in [0.1, 0.15) is 11.7 Å². The minimum Gasteiger partial charge on any atom is -0.378 e. The molecule has 0 aromatic carbocycles.